The minimum Gasteiger partial charge on any atom is -0.463 e. The molecule has 0 bridgehead atoms. The fraction of sp³-hybridized carbons (Fsp3) is 0.524. The highest BCUT2D eigenvalue weighted by Gasteiger charge is 2.41. The standard InChI is InChI=1S/C21H26N4O7/c1-2-30-19(26)17-16(13-24-9-7-21(8-10-24)31-11-12-32-21)22-20(27)23-18(17)14-3-5-15(6-4-14)25(28)29/h3-6,18H,2,7-13H2,1H3,(H2,22,23,27)/t18-/m1/s1. The Morgan fingerprint density at radius 3 is 2.50 bits per heavy atom. The third-order valence-corrected chi connectivity index (χ3v) is 5.90. The molecule has 0 radical (unpaired) electrons. The molecule has 172 valence electrons. The minimum atomic E-state index is -0.781. The molecule has 2 amide bonds. The van der Waals surface area contributed by atoms with E-state index in [1.807, 2.05) is 0 Å². The number of urea groups is 1. The zero-order valence-electron chi connectivity index (χ0n) is 17.8. The van der Waals surface area contributed by atoms with Gasteiger partial charge in [0.05, 0.1) is 36.4 Å². The molecule has 1 aromatic rings. The van der Waals surface area contributed by atoms with Gasteiger partial charge < -0.3 is 24.8 Å². The molecule has 3 heterocycles. The van der Waals surface area contributed by atoms with Crippen molar-refractivity contribution in [2.45, 2.75) is 31.6 Å². The van der Waals surface area contributed by atoms with Crippen molar-refractivity contribution in [3.05, 3.63) is 51.2 Å². The molecule has 1 atom stereocenters. The number of piperidine rings is 1. The van der Waals surface area contributed by atoms with Gasteiger partial charge in [0, 0.05) is 50.3 Å². The monoisotopic (exact) mass is 446 g/mol. The van der Waals surface area contributed by atoms with Gasteiger partial charge in [0.15, 0.2) is 5.79 Å². The van der Waals surface area contributed by atoms with Gasteiger partial charge in [-0.2, -0.15) is 0 Å². The van der Waals surface area contributed by atoms with Crippen LogP contribution in [0, 0.1) is 10.1 Å². The average Bonchev–Trinajstić information content (AvgIpc) is 3.23. The lowest BCUT2D eigenvalue weighted by Gasteiger charge is -2.39. The quantitative estimate of drug-likeness (QED) is 0.383. The predicted octanol–water partition coefficient (Wildman–Crippen LogP) is 1.60. The first-order valence-electron chi connectivity index (χ1n) is 10.6. The van der Waals surface area contributed by atoms with Crippen LogP contribution in [0.4, 0.5) is 10.5 Å². The van der Waals surface area contributed by atoms with Crippen molar-refractivity contribution in [2.24, 2.45) is 0 Å². The number of rotatable bonds is 6. The zero-order valence-corrected chi connectivity index (χ0v) is 17.8. The summed E-state index contributed by atoms with van der Waals surface area (Å²) in [7, 11) is 0. The van der Waals surface area contributed by atoms with Crippen LogP contribution in [0.1, 0.15) is 31.4 Å². The molecule has 0 saturated carbocycles. The zero-order chi connectivity index (χ0) is 22.7. The van der Waals surface area contributed by atoms with Crippen LogP contribution in [-0.4, -0.2) is 67.1 Å². The number of non-ortho nitro benzene ring substituents is 1. The Kier molecular flexibility index (Phi) is 6.40. The van der Waals surface area contributed by atoms with Gasteiger partial charge in [-0.3, -0.25) is 15.0 Å². The molecule has 2 fully saturated rings. The smallest absolute Gasteiger partial charge is 0.338 e. The SMILES string of the molecule is CCOC(=O)C1=C(CN2CCC3(CC2)OCCO3)NC(=O)N[C@@H]1c1ccc([N+](=O)[O-])cc1. The highest BCUT2D eigenvalue weighted by molar-refractivity contribution is 5.95. The Hall–Kier alpha value is -3.02. The van der Waals surface area contributed by atoms with Crippen LogP contribution < -0.4 is 10.6 Å². The van der Waals surface area contributed by atoms with E-state index in [2.05, 4.69) is 15.5 Å². The third kappa shape index (κ3) is 4.59. The molecule has 11 heteroatoms. The summed E-state index contributed by atoms with van der Waals surface area (Å²) in [4.78, 5) is 37.9. The first-order chi connectivity index (χ1) is 15.4. The predicted molar refractivity (Wildman–Crippen MR) is 111 cm³/mol. The van der Waals surface area contributed by atoms with Crippen molar-refractivity contribution in [1.82, 2.24) is 15.5 Å². The number of carbonyl (C=O) groups excluding carboxylic acids is 2. The molecule has 2 N–H and O–H groups in total. The van der Waals surface area contributed by atoms with Gasteiger partial charge in [-0.25, -0.2) is 9.59 Å². The van der Waals surface area contributed by atoms with Crippen molar-refractivity contribution in [3.63, 3.8) is 0 Å². The first-order valence-corrected chi connectivity index (χ1v) is 10.6. The Balaban J connectivity index is 1.60. The van der Waals surface area contributed by atoms with E-state index in [0.29, 0.717) is 57.0 Å². The lowest BCUT2D eigenvalue weighted by atomic mass is 9.94. The van der Waals surface area contributed by atoms with E-state index in [4.69, 9.17) is 14.2 Å². The summed E-state index contributed by atoms with van der Waals surface area (Å²) in [5.74, 6) is -1.07. The number of nitro groups is 1. The van der Waals surface area contributed by atoms with Crippen molar-refractivity contribution in [1.29, 1.82) is 0 Å². The number of nitro benzene ring substituents is 1. The summed E-state index contributed by atoms with van der Waals surface area (Å²) < 4.78 is 16.8. The van der Waals surface area contributed by atoms with Crippen LogP contribution in [0.2, 0.25) is 0 Å². The summed E-state index contributed by atoms with van der Waals surface area (Å²) in [6.45, 7) is 4.79. The molecular weight excluding hydrogens is 420 g/mol. The van der Waals surface area contributed by atoms with E-state index in [1.54, 1.807) is 6.92 Å². The Bertz CT molecular complexity index is 915. The van der Waals surface area contributed by atoms with Crippen molar-refractivity contribution < 1.29 is 28.7 Å². The Morgan fingerprint density at radius 2 is 1.91 bits per heavy atom. The maximum absolute atomic E-state index is 12.9. The van der Waals surface area contributed by atoms with Gasteiger partial charge in [-0.05, 0) is 24.6 Å². The largest absolute Gasteiger partial charge is 0.463 e. The molecule has 0 unspecified atom stereocenters. The average molecular weight is 446 g/mol. The number of benzene rings is 1. The number of esters is 1. The second kappa shape index (κ2) is 9.23. The molecule has 11 nitrogen and oxygen atoms in total. The summed E-state index contributed by atoms with van der Waals surface area (Å²) in [5.41, 5.74) is 1.22. The molecule has 1 aromatic carbocycles. The maximum atomic E-state index is 12.9. The van der Waals surface area contributed by atoms with Gasteiger partial charge in [-0.1, -0.05) is 0 Å². The van der Waals surface area contributed by atoms with E-state index < -0.39 is 28.8 Å². The number of likely N-dealkylation sites (tertiary alicyclic amines) is 1. The third-order valence-electron chi connectivity index (χ3n) is 5.90. The number of ether oxygens (including phenoxy) is 3. The molecule has 0 aliphatic carbocycles. The first kappa shape index (κ1) is 22.2. The second-order valence-electron chi connectivity index (χ2n) is 7.88. The van der Waals surface area contributed by atoms with E-state index in [0.717, 1.165) is 0 Å². The van der Waals surface area contributed by atoms with Crippen molar-refractivity contribution in [2.75, 3.05) is 39.5 Å². The van der Waals surface area contributed by atoms with Gasteiger partial charge in [0.2, 0.25) is 0 Å². The number of nitrogens with one attached hydrogen (secondary N) is 2. The topological polar surface area (TPSA) is 132 Å². The molecule has 4 rings (SSSR count). The fourth-order valence-electron chi connectivity index (χ4n) is 4.29. The van der Waals surface area contributed by atoms with Crippen molar-refractivity contribution in [3.8, 4) is 0 Å². The van der Waals surface area contributed by atoms with Crippen molar-refractivity contribution >= 4 is 17.7 Å². The van der Waals surface area contributed by atoms with Crippen LogP contribution >= 0.6 is 0 Å². The normalized spacial score (nSPS) is 23.0. The number of hydrogen-bond acceptors (Lipinski definition) is 8. The summed E-state index contributed by atoms with van der Waals surface area (Å²) >= 11 is 0. The second-order valence-corrected chi connectivity index (χ2v) is 7.88. The molecule has 3 aliphatic rings. The van der Waals surface area contributed by atoms with Crippen LogP contribution in [0.5, 0.6) is 0 Å². The lowest BCUT2D eigenvalue weighted by molar-refractivity contribution is -0.384. The Labute approximate surface area is 184 Å². The van der Waals surface area contributed by atoms with Crippen LogP contribution in [-0.2, 0) is 19.0 Å². The minimum absolute atomic E-state index is 0.0745. The summed E-state index contributed by atoms with van der Waals surface area (Å²) in [6, 6.07) is 4.52. The number of carbonyl (C=O) groups is 2. The van der Waals surface area contributed by atoms with Crippen LogP contribution in [0.15, 0.2) is 35.5 Å². The number of nitrogens with zero attached hydrogens (tertiary/aromatic N) is 2. The molecule has 32 heavy (non-hydrogen) atoms. The van der Waals surface area contributed by atoms with E-state index >= 15 is 0 Å². The van der Waals surface area contributed by atoms with Crippen LogP contribution in [0.25, 0.3) is 0 Å². The highest BCUT2D eigenvalue weighted by Crippen LogP contribution is 2.33. The van der Waals surface area contributed by atoms with E-state index in [9.17, 15) is 19.7 Å². The molecule has 2 saturated heterocycles. The van der Waals surface area contributed by atoms with Gasteiger partial charge >= 0.3 is 12.0 Å². The lowest BCUT2D eigenvalue weighted by Crippen LogP contribution is -2.51. The molecule has 3 aliphatic heterocycles. The van der Waals surface area contributed by atoms with Gasteiger partial charge in [0.1, 0.15) is 0 Å². The number of hydrogen-bond donors (Lipinski definition) is 2. The fourth-order valence-corrected chi connectivity index (χ4v) is 4.29. The summed E-state index contributed by atoms with van der Waals surface area (Å²) in [6.07, 6.45) is 1.40. The highest BCUT2D eigenvalue weighted by atomic mass is 16.7. The van der Waals surface area contributed by atoms with Gasteiger partial charge in [0.25, 0.3) is 5.69 Å². The Morgan fingerprint density at radius 1 is 1.25 bits per heavy atom. The molecule has 0 aromatic heterocycles. The molecular formula is C21H26N4O7. The maximum Gasteiger partial charge on any atom is 0.338 e. The van der Waals surface area contributed by atoms with Gasteiger partial charge in [-0.15, -0.1) is 0 Å². The number of amides is 2. The van der Waals surface area contributed by atoms with E-state index in [-0.39, 0.29) is 17.9 Å². The van der Waals surface area contributed by atoms with Crippen LogP contribution in [0.3, 0.4) is 0 Å². The molecule has 1 spiro atoms. The van der Waals surface area contributed by atoms with E-state index in [1.165, 1.54) is 24.3 Å². The summed E-state index contributed by atoms with van der Waals surface area (Å²) in [5, 5.41) is 16.5.